The minimum absolute atomic E-state index is 0.0257. The molecule has 1 fully saturated rings. The van der Waals surface area contributed by atoms with Crippen LogP contribution in [0.3, 0.4) is 0 Å². The Labute approximate surface area is 161 Å². The summed E-state index contributed by atoms with van der Waals surface area (Å²) in [5.74, 6) is 0.416. The van der Waals surface area contributed by atoms with E-state index >= 15 is 0 Å². The van der Waals surface area contributed by atoms with E-state index in [1.807, 2.05) is 4.90 Å². The van der Waals surface area contributed by atoms with Crippen LogP contribution in [0.1, 0.15) is 12.8 Å². The van der Waals surface area contributed by atoms with E-state index in [4.69, 9.17) is 21.7 Å². The maximum absolute atomic E-state index is 12.3. The van der Waals surface area contributed by atoms with Crippen molar-refractivity contribution in [3.8, 4) is 11.5 Å². The van der Waals surface area contributed by atoms with E-state index in [-0.39, 0.29) is 10.6 Å². The van der Waals surface area contributed by atoms with Crippen LogP contribution in [0.15, 0.2) is 23.1 Å². The number of hydrogen-bond acceptors (Lipinski definition) is 7. The largest absolute Gasteiger partial charge is 0.486 e. The van der Waals surface area contributed by atoms with Gasteiger partial charge in [0.1, 0.15) is 17.5 Å². The van der Waals surface area contributed by atoms with Gasteiger partial charge in [0.05, 0.1) is 10.6 Å². The van der Waals surface area contributed by atoms with E-state index in [0.29, 0.717) is 29.0 Å². The van der Waals surface area contributed by atoms with Gasteiger partial charge in [-0.3, -0.25) is 10.2 Å². The molecule has 0 saturated carbocycles. The third-order valence-corrected chi connectivity index (χ3v) is 6.61. The van der Waals surface area contributed by atoms with Crippen LogP contribution >= 0.6 is 24.0 Å². The molecule has 3 rings (SSSR count). The molecule has 1 aromatic rings. The van der Waals surface area contributed by atoms with Crippen molar-refractivity contribution in [2.24, 2.45) is 0 Å². The second-order valence-electron chi connectivity index (χ2n) is 5.71. The van der Waals surface area contributed by atoms with E-state index in [1.165, 1.54) is 30.0 Å². The van der Waals surface area contributed by atoms with Crippen LogP contribution in [0.5, 0.6) is 11.5 Å². The zero-order valence-electron chi connectivity index (χ0n) is 13.9. The number of carbonyl (C=O) groups excluding carboxylic acids is 1. The highest BCUT2D eigenvalue weighted by Crippen LogP contribution is 2.32. The molecule has 1 amide bonds. The number of nitrogens with zero attached hydrogens (tertiary/aromatic N) is 1. The van der Waals surface area contributed by atoms with Crippen LogP contribution in [-0.2, 0) is 14.8 Å². The van der Waals surface area contributed by atoms with Crippen LogP contribution in [0.2, 0.25) is 0 Å². The van der Waals surface area contributed by atoms with Crippen molar-refractivity contribution in [3.63, 3.8) is 0 Å². The fourth-order valence-corrected chi connectivity index (χ4v) is 4.45. The van der Waals surface area contributed by atoms with Gasteiger partial charge in [-0.25, -0.2) is 8.42 Å². The number of amides is 1. The monoisotopic (exact) mass is 417 g/mol. The van der Waals surface area contributed by atoms with Gasteiger partial charge in [0, 0.05) is 19.2 Å². The summed E-state index contributed by atoms with van der Waals surface area (Å²) < 4.78 is 36.0. The van der Waals surface area contributed by atoms with E-state index in [0.717, 1.165) is 25.9 Å². The van der Waals surface area contributed by atoms with E-state index in [1.54, 1.807) is 0 Å². The number of carbonyl (C=O) groups is 1. The average molecular weight is 418 g/mol. The molecule has 11 heteroatoms. The average Bonchev–Trinajstić information content (AvgIpc) is 3.19. The Morgan fingerprint density at radius 2 is 1.88 bits per heavy atom. The Balaban J connectivity index is 1.51. The summed E-state index contributed by atoms with van der Waals surface area (Å²) in [5.41, 5.74) is 2.20. The molecule has 0 aliphatic carbocycles. The molecule has 142 valence electrons. The normalized spacial score (nSPS) is 16.4. The predicted octanol–water partition coefficient (Wildman–Crippen LogP) is 0.881. The fourth-order valence-electron chi connectivity index (χ4n) is 2.53. The highest BCUT2D eigenvalue weighted by atomic mass is 32.2. The van der Waals surface area contributed by atoms with Crippen LogP contribution in [-0.4, -0.2) is 55.6 Å². The number of nitrogens with one attached hydrogen (secondary N) is 2. The van der Waals surface area contributed by atoms with Crippen LogP contribution in [0, 0.1) is 0 Å². The highest BCUT2D eigenvalue weighted by molar-refractivity contribution is 8.23. The second kappa shape index (κ2) is 8.42. The van der Waals surface area contributed by atoms with Crippen molar-refractivity contribution in [3.05, 3.63) is 18.2 Å². The summed E-state index contributed by atoms with van der Waals surface area (Å²) in [6, 6.07) is 4.27. The third kappa shape index (κ3) is 4.78. The first-order chi connectivity index (χ1) is 12.5. The molecular formula is C15H19N3O5S3. The molecule has 26 heavy (non-hydrogen) atoms. The lowest BCUT2D eigenvalue weighted by molar-refractivity contribution is -0.119. The van der Waals surface area contributed by atoms with Crippen LogP contribution in [0.25, 0.3) is 0 Å². The van der Waals surface area contributed by atoms with E-state index in [2.05, 4.69) is 10.3 Å². The molecule has 2 N–H and O–H groups in total. The lowest BCUT2D eigenvalue weighted by atomic mass is 10.3. The SMILES string of the molecule is O=C(CSC(=S)N1CCCC1)NNS(=O)(=O)c1ccc2c(c1)OCCO2. The molecule has 1 saturated heterocycles. The van der Waals surface area contributed by atoms with Crippen LogP contribution < -0.4 is 19.7 Å². The standard InChI is InChI=1S/C15H19N3O5S3/c19-14(10-25-15(24)18-5-1-2-6-18)16-17-26(20,21)11-3-4-12-13(9-11)23-8-7-22-12/h3-4,9,17H,1-2,5-8,10H2,(H,16,19). The minimum atomic E-state index is -3.91. The summed E-state index contributed by atoms with van der Waals surface area (Å²) in [7, 11) is -3.91. The topological polar surface area (TPSA) is 97.0 Å². The van der Waals surface area contributed by atoms with Gasteiger partial charge in [0.2, 0.25) is 5.91 Å². The molecule has 0 spiro atoms. The Kier molecular flexibility index (Phi) is 6.22. The molecule has 0 radical (unpaired) electrons. The van der Waals surface area contributed by atoms with Crippen molar-refractivity contribution < 1.29 is 22.7 Å². The van der Waals surface area contributed by atoms with Crippen molar-refractivity contribution in [2.75, 3.05) is 32.1 Å². The molecule has 2 aliphatic heterocycles. The molecule has 0 bridgehead atoms. The highest BCUT2D eigenvalue weighted by Gasteiger charge is 2.21. The van der Waals surface area contributed by atoms with Gasteiger partial charge in [-0.05, 0) is 25.0 Å². The second-order valence-corrected chi connectivity index (χ2v) is 9.00. The first-order valence-electron chi connectivity index (χ1n) is 8.08. The number of hydrazine groups is 1. The van der Waals surface area contributed by atoms with E-state index < -0.39 is 15.9 Å². The number of fused-ring (bicyclic) bond motifs is 1. The number of benzene rings is 1. The number of hydrogen-bond donors (Lipinski definition) is 2. The van der Waals surface area contributed by atoms with Crippen LogP contribution in [0.4, 0.5) is 0 Å². The summed E-state index contributed by atoms with van der Waals surface area (Å²) in [5, 5.41) is 0. The molecule has 0 unspecified atom stereocenters. The Hall–Kier alpha value is -1.56. The summed E-state index contributed by atoms with van der Waals surface area (Å²) in [6.07, 6.45) is 2.20. The number of ether oxygens (including phenoxy) is 2. The lowest BCUT2D eigenvalue weighted by Crippen LogP contribution is -2.42. The third-order valence-electron chi connectivity index (χ3n) is 3.84. The molecule has 1 aromatic carbocycles. The quantitative estimate of drug-likeness (QED) is 0.538. The number of thioether (sulfide) groups is 1. The van der Waals surface area contributed by atoms with Crippen molar-refractivity contribution in [1.82, 2.24) is 15.2 Å². The Morgan fingerprint density at radius 1 is 1.19 bits per heavy atom. The number of rotatable bonds is 5. The summed E-state index contributed by atoms with van der Waals surface area (Å²) in [6.45, 7) is 2.59. The van der Waals surface area contributed by atoms with Crippen molar-refractivity contribution >= 4 is 44.2 Å². The van der Waals surface area contributed by atoms with Gasteiger partial charge < -0.3 is 14.4 Å². The molecular weight excluding hydrogens is 398 g/mol. The number of sulfonamides is 1. The fraction of sp³-hybridized carbons (Fsp3) is 0.467. The smallest absolute Gasteiger partial charge is 0.257 e. The maximum Gasteiger partial charge on any atom is 0.257 e. The summed E-state index contributed by atoms with van der Waals surface area (Å²) >= 11 is 6.49. The predicted molar refractivity (Wildman–Crippen MR) is 102 cm³/mol. The molecule has 2 heterocycles. The zero-order valence-corrected chi connectivity index (χ0v) is 16.3. The minimum Gasteiger partial charge on any atom is -0.486 e. The Morgan fingerprint density at radius 3 is 2.62 bits per heavy atom. The van der Waals surface area contributed by atoms with Gasteiger partial charge >= 0.3 is 0 Å². The maximum atomic E-state index is 12.3. The molecule has 8 nitrogen and oxygen atoms in total. The van der Waals surface area contributed by atoms with Crippen molar-refractivity contribution in [2.45, 2.75) is 17.7 Å². The molecule has 0 atom stereocenters. The zero-order chi connectivity index (χ0) is 18.6. The molecule has 0 aromatic heterocycles. The van der Waals surface area contributed by atoms with Gasteiger partial charge in [0.25, 0.3) is 10.0 Å². The van der Waals surface area contributed by atoms with Gasteiger partial charge in [-0.2, -0.15) is 0 Å². The molecule has 2 aliphatic rings. The number of likely N-dealkylation sites (tertiary alicyclic amines) is 1. The lowest BCUT2D eigenvalue weighted by Gasteiger charge is -2.19. The first-order valence-corrected chi connectivity index (χ1v) is 11.0. The van der Waals surface area contributed by atoms with Gasteiger partial charge in [0.15, 0.2) is 11.5 Å². The van der Waals surface area contributed by atoms with Gasteiger partial charge in [-0.1, -0.05) is 24.0 Å². The van der Waals surface area contributed by atoms with Gasteiger partial charge in [-0.15, -0.1) is 4.83 Å². The van der Waals surface area contributed by atoms with E-state index in [9.17, 15) is 13.2 Å². The first kappa shape index (κ1) is 19.2. The summed E-state index contributed by atoms with van der Waals surface area (Å²) in [4.78, 5) is 16.0. The Bertz CT molecular complexity index is 794. The van der Waals surface area contributed by atoms with Crippen molar-refractivity contribution in [1.29, 1.82) is 0 Å². The number of thiocarbonyl (C=S) groups is 1.